The summed E-state index contributed by atoms with van der Waals surface area (Å²) in [5, 5.41) is 0. The molecule has 0 bridgehead atoms. The molecule has 0 aliphatic rings. The molecule has 0 unspecified atom stereocenters. The van der Waals surface area contributed by atoms with Crippen molar-refractivity contribution in [3.05, 3.63) is 11.9 Å². The van der Waals surface area contributed by atoms with Crippen molar-refractivity contribution in [2.75, 3.05) is 0 Å². The lowest BCUT2D eigenvalue weighted by Gasteiger charge is -2.24. The second-order valence-electron chi connectivity index (χ2n) is 2.53. The third-order valence-electron chi connectivity index (χ3n) is 1.28. The van der Waals surface area contributed by atoms with Crippen LogP contribution in [-0.4, -0.2) is 24.4 Å². The average Bonchev–Trinajstić information content (AvgIpc) is 1.99. The number of hydrogen-bond acceptors (Lipinski definition) is 0. The first kappa shape index (κ1) is 15.0. The SMILES string of the molecule is FC(=CC(F)(F)F)C(F)(F)C(F)(F)C(F)F. The summed E-state index contributed by atoms with van der Waals surface area (Å²) in [7, 11) is 0. The Kier molecular flexibility index (Phi) is 3.88. The summed E-state index contributed by atoms with van der Waals surface area (Å²) >= 11 is 0. The molecule has 0 aromatic heterocycles. The predicted octanol–water partition coefficient (Wildman–Crippen LogP) is 3.94. The Morgan fingerprint density at radius 3 is 1.50 bits per heavy atom. The van der Waals surface area contributed by atoms with Crippen molar-refractivity contribution in [1.82, 2.24) is 0 Å². The minimum absolute atomic E-state index is 1.80. The zero-order valence-corrected chi connectivity index (χ0v) is 6.93. The Bertz CT molecular complexity index is 272. The number of allylic oxidation sites excluding steroid dienone is 2. The highest BCUT2D eigenvalue weighted by Crippen LogP contribution is 2.45. The smallest absolute Gasteiger partial charge is 0.205 e. The Morgan fingerprint density at radius 2 is 1.25 bits per heavy atom. The maximum absolute atomic E-state index is 12.2. The molecule has 0 rings (SSSR count). The molecule has 0 fully saturated rings. The van der Waals surface area contributed by atoms with Gasteiger partial charge in [0.05, 0.1) is 6.08 Å². The zero-order chi connectivity index (χ0) is 13.4. The third-order valence-corrected chi connectivity index (χ3v) is 1.28. The molecule has 0 N–H and O–H groups in total. The van der Waals surface area contributed by atoms with Crippen molar-refractivity contribution in [2.45, 2.75) is 24.4 Å². The summed E-state index contributed by atoms with van der Waals surface area (Å²) < 4.78 is 117. The van der Waals surface area contributed by atoms with Gasteiger partial charge in [-0.3, -0.25) is 0 Å². The molecule has 0 saturated carbocycles. The molecular formula is C6H2F10. The van der Waals surface area contributed by atoms with Crippen molar-refractivity contribution in [3.8, 4) is 0 Å². The topological polar surface area (TPSA) is 0 Å². The number of hydrogen-bond donors (Lipinski definition) is 0. The maximum Gasteiger partial charge on any atom is 0.412 e. The van der Waals surface area contributed by atoms with Gasteiger partial charge >= 0.3 is 24.4 Å². The van der Waals surface area contributed by atoms with Gasteiger partial charge < -0.3 is 0 Å². The van der Waals surface area contributed by atoms with Gasteiger partial charge in [-0.2, -0.15) is 30.7 Å². The van der Waals surface area contributed by atoms with Crippen LogP contribution in [0.4, 0.5) is 43.9 Å². The van der Waals surface area contributed by atoms with Crippen molar-refractivity contribution in [2.24, 2.45) is 0 Å². The van der Waals surface area contributed by atoms with Gasteiger partial charge in [-0.15, -0.1) is 0 Å². The standard InChI is InChI=1S/C6H2F10/c7-2(1-4(10,11)12)5(13,14)6(15,16)3(8)9/h1,3H. The fourth-order valence-corrected chi connectivity index (χ4v) is 0.531. The highest BCUT2D eigenvalue weighted by atomic mass is 19.4. The first-order chi connectivity index (χ1) is 6.82. The number of rotatable bonds is 3. The summed E-state index contributed by atoms with van der Waals surface area (Å²) in [4.78, 5) is 0. The van der Waals surface area contributed by atoms with Gasteiger partial charge in [0, 0.05) is 0 Å². The molecule has 0 aliphatic heterocycles. The lowest BCUT2D eigenvalue weighted by atomic mass is 10.1. The van der Waals surface area contributed by atoms with Crippen LogP contribution in [0.2, 0.25) is 0 Å². The van der Waals surface area contributed by atoms with Gasteiger partial charge in [0.15, 0.2) is 5.83 Å². The second kappa shape index (κ2) is 4.13. The molecule has 96 valence electrons. The molecule has 0 amide bonds. The number of halogens is 10. The molecule has 16 heavy (non-hydrogen) atoms. The van der Waals surface area contributed by atoms with Gasteiger partial charge in [-0.05, 0) is 0 Å². The van der Waals surface area contributed by atoms with E-state index in [0.717, 1.165) is 0 Å². The van der Waals surface area contributed by atoms with E-state index >= 15 is 0 Å². The average molecular weight is 264 g/mol. The van der Waals surface area contributed by atoms with E-state index in [1.807, 2.05) is 0 Å². The van der Waals surface area contributed by atoms with E-state index in [1.54, 1.807) is 0 Å². The molecule has 0 radical (unpaired) electrons. The summed E-state index contributed by atoms with van der Waals surface area (Å²) in [5.74, 6) is -16.1. The monoisotopic (exact) mass is 264 g/mol. The first-order valence-corrected chi connectivity index (χ1v) is 3.31. The maximum atomic E-state index is 12.2. The molecule has 0 aliphatic carbocycles. The van der Waals surface area contributed by atoms with Crippen LogP contribution in [-0.2, 0) is 0 Å². The Labute approximate surface area is 81.5 Å². The molecule has 0 aromatic carbocycles. The molecule has 10 heteroatoms. The van der Waals surface area contributed by atoms with E-state index < -0.39 is 36.3 Å². The van der Waals surface area contributed by atoms with E-state index in [-0.39, 0.29) is 0 Å². The minimum atomic E-state index is -6.23. The lowest BCUT2D eigenvalue weighted by Crippen LogP contribution is -2.47. The summed E-state index contributed by atoms with van der Waals surface area (Å²) in [6.45, 7) is 0. The summed E-state index contributed by atoms with van der Waals surface area (Å²) in [6, 6.07) is 0. The van der Waals surface area contributed by atoms with Crippen molar-refractivity contribution < 1.29 is 43.9 Å². The normalized spacial score (nSPS) is 15.8. The van der Waals surface area contributed by atoms with Crippen LogP contribution >= 0.6 is 0 Å². The molecule has 0 nitrogen and oxygen atoms in total. The van der Waals surface area contributed by atoms with Gasteiger partial charge in [-0.25, -0.2) is 13.2 Å². The van der Waals surface area contributed by atoms with E-state index in [0.29, 0.717) is 0 Å². The van der Waals surface area contributed by atoms with Crippen LogP contribution in [0.5, 0.6) is 0 Å². The van der Waals surface area contributed by atoms with Gasteiger partial charge in [-0.1, -0.05) is 0 Å². The van der Waals surface area contributed by atoms with Gasteiger partial charge in [0.25, 0.3) is 0 Å². The highest BCUT2D eigenvalue weighted by Gasteiger charge is 2.66. The molecule has 0 heterocycles. The van der Waals surface area contributed by atoms with E-state index in [1.165, 1.54) is 0 Å². The van der Waals surface area contributed by atoms with Crippen LogP contribution in [0.15, 0.2) is 11.9 Å². The predicted molar refractivity (Wildman–Crippen MR) is 31.1 cm³/mol. The van der Waals surface area contributed by atoms with Crippen molar-refractivity contribution in [3.63, 3.8) is 0 Å². The minimum Gasteiger partial charge on any atom is -0.205 e. The largest absolute Gasteiger partial charge is 0.412 e. The second-order valence-corrected chi connectivity index (χ2v) is 2.53. The van der Waals surface area contributed by atoms with Crippen molar-refractivity contribution >= 4 is 0 Å². The lowest BCUT2D eigenvalue weighted by molar-refractivity contribution is -0.253. The highest BCUT2D eigenvalue weighted by molar-refractivity contribution is 5.13. The fourth-order valence-electron chi connectivity index (χ4n) is 0.531. The van der Waals surface area contributed by atoms with Gasteiger partial charge in [0.2, 0.25) is 0 Å². The van der Waals surface area contributed by atoms with E-state index in [2.05, 4.69) is 0 Å². The first-order valence-electron chi connectivity index (χ1n) is 3.31. The number of alkyl halides is 9. The molecule has 0 atom stereocenters. The quantitative estimate of drug-likeness (QED) is 0.677. The summed E-state index contributed by atoms with van der Waals surface area (Å²) in [6.07, 6.45) is -12.5. The third kappa shape index (κ3) is 3.01. The van der Waals surface area contributed by atoms with Gasteiger partial charge in [0.1, 0.15) is 0 Å². The van der Waals surface area contributed by atoms with Crippen LogP contribution in [0.3, 0.4) is 0 Å². The Balaban J connectivity index is 5.30. The van der Waals surface area contributed by atoms with Crippen molar-refractivity contribution in [1.29, 1.82) is 0 Å². The van der Waals surface area contributed by atoms with E-state index in [4.69, 9.17) is 0 Å². The van der Waals surface area contributed by atoms with Crippen LogP contribution in [0.25, 0.3) is 0 Å². The molecule has 0 saturated heterocycles. The molecule has 0 aromatic rings. The fraction of sp³-hybridized carbons (Fsp3) is 0.667. The molecular weight excluding hydrogens is 262 g/mol. The van der Waals surface area contributed by atoms with Crippen LogP contribution in [0, 0.1) is 0 Å². The summed E-state index contributed by atoms with van der Waals surface area (Å²) in [5.41, 5.74) is 0. The van der Waals surface area contributed by atoms with E-state index in [9.17, 15) is 43.9 Å². The van der Waals surface area contributed by atoms with Crippen LogP contribution in [0.1, 0.15) is 0 Å². The zero-order valence-electron chi connectivity index (χ0n) is 6.93. The Hall–Kier alpha value is -0.960. The Morgan fingerprint density at radius 1 is 0.875 bits per heavy atom. The van der Waals surface area contributed by atoms with Crippen LogP contribution < -0.4 is 0 Å². The molecule has 0 spiro atoms.